The molecule has 9 heteroatoms. The van der Waals surface area contributed by atoms with Crippen molar-refractivity contribution in [3.8, 4) is 5.88 Å². The van der Waals surface area contributed by atoms with E-state index in [1.807, 2.05) is 0 Å². The zero-order valence-electron chi connectivity index (χ0n) is 15.9. The third-order valence-corrected chi connectivity index (χ3v) is 4.78. The van der Waals surface area contributed by atoms with Gasteiger partial charge in [0.25, 0.3) is 11.8 Å². The van der Waals surface area contributed by atoms with E-state index in [-0.39, 0.29) is 37.0 Å². The quantitative estimate of drug-likeness (QED) is 0.670. The lowest BCUT2D eigenvalue weighted by Crippen LogP contribution is -2.50. The van der Waals surface area contributed by atoms with Gasteiger partial charge in [0.2, 0.25) is 5.88 Å². The average Bonchev–Trinajstić information content (AvgIpc) is 2.75. The molecule has 1 fully saturated rings. The summed E-state index contributed by atoms with van der Waals surface area (Å²) >= 11 is 5.88. The number of ether oxygens (including phenoxy) is 2. The maximum absolute atomic E-state index is 14.0. The minimum Gasteiger partial charge on any atom is -0.475 e. The van der Waals surface area contributed by atoms with E-state index in [1.165, 1.54) is 23.1 Å². The molecular weight excluding hydrogens is 401 g/mol. The van der Waals surface area contributed by atoms with Crippen molar-refractivity contribution >= 4 is 23.4 Å². The van der Waals surface area contributed by atoms with Crippen LogP contribution < -0.4 is 4.74 Å². The van der Waals surface area contributed by atoms with Crippen molar-refractivity contribution in [1.29, 1.82) is 0 Å². The van der Waals surface area contributed by atoms with Crippen LogP contribution in [-0.2, 0) is 4.74 Å². The van der Waals surface area contributed by atoms with Gasteiger partial charge in [-0.25, -0.2) is 9.37 Å². The van der Waals surface area contributed by atoms with Crippen molar-refractivity contribution in [3.05, 3.63) is 58.5 Å². The summed E-state index contributed by atoms with van der Waals surface area (Å²) in [7, 11) is 1.56. The maximum Gasteiger partial charge on any atom is 0.259 e. The first-order chi connectivity index (χ1) is 14.0. The van der Waals surface area contributed by atoms with Crippen LogP contribution in [0.3, 0.4) is 0 Å². The van der Waals surface area contributed by atoms with E-state index in [4.69, 9.17) is 21.1 Å². The van der Waals surface area contributed by atoms with E-state index in [0.717, 1.165) is 0 Å². The molecule has 0 spiro atoms. The van der Waals surface area contributed by atoms with E-state index < -0.39 is 11.7 Å². The zero-order valence-corrected chi connectivity index (χ0v) is 16.7. The van der Waals surface area contributed by atoms with Crippen molar-refractivity contribution < 1.29 is 23.5 Å². The molecule has 0 aliphatic carbocycles. The number of halogens is 2. The number of hydrogen-bond acceptors (Lipinski definition) is 5. The first-order valence-corrected chi connectivity index (χ1v) is 9.49. The smallest absolute Gasteiger partial charge is 0.259 e. The number of aromatic nitrogens is 1. The fourth-order valence-corrected chi connectivity index (χ4v) is 3.18. The Balaban J connectivity index is 1.64. The van der Waals surface area contributed by atoms with E-state index in [2.05, 4.69) is 4.98 Å². The lowest BCUT2D eigenvalue weighted by Gasteiger charge is -2.35. The molecule has 2 aromatic rings. The number of carbonyl (C=O) groups excluding carboxylic acids is 2. The van der Waals surface area contributed by atoms with Crippen molar-refractivity contribution in [3.63, 3.8) is 0 Å². The Hall–Kier alpha value is -2.71. The van der Waals surface area contributed by atoms with Crippen molar-refractivity contribution in [2.75, 3.05) is 46.5 Å². The fraction of sp³-hybridized carbons (Fsp3) is 0.350. The highest BCUT2D eigenvalue weighted by Gasteiger charge is 2.28. The Bertz CT molecular complexity index is 888. The second kappa shape index (κ2) is 9.67. The Labute approximate surface area is 173 Å². The van der Waals surface area contributed by atoms with Crippen LogP contribution in [0.5, 0.6) is 5.88 Å². The summed E-state index contributed by atoms with van der Waals surface area (Å²) in [5.74, 6) is -1.05. The molecule has 7 nitrogen and oxygen atoms in total. The van der Waals surface area contributed by atoms with Gasteiger partial charge in [-0.2, -0.15) is 0 Å². The molecule has 1 aliphatic rings. The summed E-state index contributed by atoms with van der Waals surface area (Å²) in [6.45, 7) is 1.87. The van der Waals surface area contributed by atoms with Gasteiger partial charge < -0.3 is 19.3 Å². The summed E-state index contributed by atoms with van der Waals surface area (Å²) in [4.78, 5) is 32.8. The van der Waals surface area contributed by atoms with Gasteiger partial charge in [0.15, 0.2) is 0 Å². The van der Waals surface area contributed by atoms with Gasteiger partial charge in [0, 0.05) is 44.5 Å². The normalized spacial score (nSPS) is 14.0. The number of pyridine rings is 1. The van der Waals surface area contributed by atoms with Gasteiger partial charge >= 0.3 is 0 Å². The van der Waals surface area contributed by atoms with Gasteiger partial charge in [0.1, 0.15) is 18.0 Å². The second-order valence-corrected chi connectivity index (χ2v) is 6.84. The van der Waals surface area contributed by atoms with Gasteiger partial charge in [-0.15, -0.1) is 0 Å². The number of amides is 2. The van der Waals surface area contributed by atoms with E-state index >= 15 is 0 Å². The standard InChI is InChI=1S/C20H21ClFN3O4/c1-28-11-12-29-18-15(3-2-6-23-18)19(26)24-7-9-25(10-8-24)20(27)16-13-14(21)4-5-17(16)22/h2-6,13H,7-12H2,1H3. The monoisotopic (exact) mass is 421 g/mol. The number of carbonyl (C=O) groups is 2. The predicted molar refractivity (Wildman–Crippen MR) is 105 cm³/mol. The van der Waals surface area contributed by atoms with Crippen LogP contribution >= 0.6 is 11.6 Å². The highest BCUT2D eigenvalue weighted by atomic mass is 35.5. The van der Waals surface area contributed by atoms with Crippen LogP contribution in [0.2, 0.25) is 5.02 Å². The van der Waals surface area contributed by atoms with E-state index in [0.29, 0.717) is 30.3 Å². The largest absolute Gasteiger partial charge is 0.475 e. The average molecular weight is 422 g/mol. The molecule has 0 radical (unpaired) electrons. The molecule has 0 saturated carbocycles. The lowest BCUT2D eigenvalue weighted by atomic mass is 10.1. The molecule has 154 valence electrons. The van der Waals surface area contributed by atoms with Crippen LogP contribution in [0.1, 0.15) is 20.7 Å². The molecule has 29 heavy (non-hydrogen) atoms. The Kier molecular flexibility index (Phi) is 7.00. The minimum atomic E-state index is -0.619. The van der Waals surface area contributed by atoms with Crippen molar-refractivity contribution in [2.24, 2.45) is 0 Å². The van der Waals surface area contributed by atoms with Crippen LogP contribution in [0.25, 0.3) is 0 Å². The SMILES string of the molecule is COCCOc1ncccc1C(=O)N1CCN(C(=O)c2cc(Cl)ccc2F)CC1. The fourth-order valence-electron chi connectivity index (χ4n) is 3.00. The number of methoxy groups -OCH3 is 1. The molecule has 0 unspecified atom stereocenters. The van der Waals surface area contributed by atoms with Gasteiger partial charge in [-0.1, -0.05) is 11.6 Å². The van der Waals surface area contributed by atoms with Crippen LogP contribution in [-0.4, -0.2) is 73.1 Å². The minimum absolute atomic E-state index is 0.0710. The molecule has 1 aromatic heterocycles. The Morgan fingerprint density at radius 1 is 1.07 bits per heavy atom. The maximum atomic E-state index is 14.0. The van der Waals surface area contributed by atoms with Crippen molar-refractivity contribution in [2.45, 2.75) is 0 Å². The number of benzene rings is 1. The number of nitrogens with zero attached hydrogens (tertiary/aromatic N) is 3. The molecule has 1 saturated heterocycles. The summed E-state index contributed by atoms with van der Waals surface area (Å²) in [5.41, 5.74) is 0.280. The van der Waals surface area contributed by atoms with Gasteiger partial charge in [-0.3, -0.25) is 9.59 Å². The Morgan fingerprint density at radius 3 is 2.38 bits per heavy atom. The third-order valence-electron chi connectivity index (χ3n) is 4.54. The summed E-state index contributed by atoms with van der Waals surface area (Å²) in [6.07, 6.45) is 1.55. The highest BCUT2D eigenvalue weighted by molar-refractivity contribution is 6.31. The molecule has 2 amide bonds. The molecular formula is C20H21ClFN3O4. The molecule has 1 aromatic carbocycles. The molecule has 3 rings (SSSR count). The first kappa shape index (κ1) is 21.0. The molecule has 0 bridgehead atoms. The van der Waals surface area contributed by atoms with Crippen LogP contribution in [0, 0.1) is 5.82 Å². The summed E-state index contributed by atoms with van der Waals surface area (Å²) < 4.78 is 24.4. The van der Waals surface area contributed by atoms with Crippen LogP contribution in [0.15, 0.2) is 36.5 Å². The second-order valence-electron chi connectivity index (χ2n) is 6.41. The highest BCUT2D eigenvalue weighted by Crippen LogP contribution is 2.20. The van der Waals surface area contributed by atoms with E-state index in [9.17, 15) is 14.0 Å². The van der Waals surface area contributed by atoms with Crippen molar-refractivity contribution in [1.82, 2.24) is 14.8 Å². The van der Waals surface area contributed by atoms with E-state index in [1.54, 1.807) is 30.3 Å². The predicted octanol–water partition coefficient (Wildman–Crippen LogP) is 2.50. The third kappa shape index (κ3) is 5.02. The van der Waals surface area contributed by atoms with Crippen LogP contribution in [0.4, 0.5) is 4.39 Å². The molecule has 0 N–H and O–H groups in total. The molecule has 0 atom stereocenters. The summed E-state index contributed by atoms with van der Waals surface area (Å²) in [6, 6.07) is 7.19. The number of piperazine rings is 1. The molecule has 1 aliphatic heterocycles. The topological polar surface area (TPSA) is 72.0 Å². The number of rotatable bonds is 6. The molecule has 2 heterocycles. The zero-order chi connectivity index (χ0) is 20.8. The Morgan fingerprint density at radius 2 is 1.72 bits per heavy atom. The lowest BCUT2D eigenvalue weighted by molar-refractivity contribution is 0.0529. The summed E-state index contributed by atoms with van der Waals surface area (Å²) in [5, 5.41) is 0.293. The van der Waals surface area contributed by atoms with Gasteiger partial charge in [0.05, 0.1) is 12.2 Å². The first-order valence-electron chi connectivity index (χ1n) is 9.11. The number of hydrogen-bond donors (Lipinski definition) is 0. The van der Waals surface area contributed by atoms with Gasteiger partial charge in [-0.05, 0) is 30.3 Å².